The molecule has 27 valence electrons. The zero-order valence-electron chi connectivity index (χ0n) is 1.58. The van der Waals surface area contributed by atoms with Gasteiger partial charge < -0.3 is 0 Å². The largest absolute Gasteiger partial charge is 0 e. The molecular weight excluding hydrogens is 238 g/mol. The maximum atomic E-state index is 3.71. The standard InChI is InChI=1S/Mo.Ni.S.V. The molecule has 0 nitrogen and oxygen atoms in total. The van der Waals surface area contributed by atoms with E-state index in [0.717, 1.165) is 0 Å². The van der Waals surface area contributed by atoms with Crippen molar-refractivity contribution in [1.29, 1.82) is 0 Å². The van der Waals surface area contributed by atoms with E-state index in [9.17, 15) is 0 Å². The van der Waals surface area contributed by atoms with E-state index in [2.05, 4.69) is 24.5 Å². The van der Waals surface area contributed by atoms with Crippen molar-refractivity contribution < 1.29 is 53.5 Å². The molecule has 0 spiro atoms. The molecule has 1 radical (unpaired) electrons. The molecule has 0 amide bonds. The van der Waals surface area contributed by atoms with Gasteiger partial charge in [0.25, 0.3) is 0 Å². The SMILES string of the molecule is [Mo].[S]=[Ni].[V]. The summed E-state index contributed by atoms with van der Waals surface area (Å²) in [6, 6.07) is 0. The van der Waals surface area contributed by atoms with Crippen molar-refractivity contribution >= 4 is 10.7 Å². The van der Waals surface area contributed by atoms with Crippen LogP contribution in [0.15, 0.2) is 0 Å². The molecule has 4 heteroatoms. The van der Waals surface area contributed by atoms with Crippen LogP contribution < -0.4 is 0 Å². The smallest absolute Gasteiger partial charge is 0 e. The topological polar surface area (TPSA) is 0 Å². The maximum absolute atomic E-state index is 3.71. The van der Waals surface area contributed by atoms with Crippen LogP contribution in [0, 0.1) is 0 Å². The van der Waals surface area contributed by atoms with Gasteiger partial charge in [0, 0.05) is 39.6 Å². The van der Waals surface area contributed by atoms with Gasteiger partial charge >= 0.3 is 24.5 Å². The second kappa shape index (κ2) is 20.1. The van der Waals surface area contributed by atoms with Crippen LogP contribution in [0.25, 0.3) is 0 Å². The fourth-order valence-electron chi connectivity index (χ4n) is 0. The summed E-state index contributed by atoms with van der Waals surface area (Å²) in [6.45, 7) is 0. The minimum absolute atomic E-state index is 0. The van der Waals surface area contributed by atoms with Gasteiger partial charge in [-0.2, -0.15) is 0 Å². The third-order valence-electron chi connectivity index (χ3n) is 0. The maximum Gasteiger partial charge on any atom is 0 e. The van der Waals surface area contributed by atoms with E-state index in [1.54, 1.807) is 0 Å². The molecule has 4 heavy (non-hydrogen) atoms. The Morgan fingerprint density at radius 3 is 1.25 bits per heavy atom. The summed E-state index contributed by atoms with van der Waals surface area (Å²) in [7, 11) is 3.71. The molecule has 0 aliphatic rings. The monoisotopic (exact) mass is 239 g/mol. The van der Waals surface area contributed by atoms with Gasteiger partial charge in [0.15, 0.2) is 0 Å². The summed E-state index contributed by atoms with van der Waals surface area (Å²) < 4.78 is 0. The second-order valence-electron chi connectivity index (χ2n) is 0. The van der Waals surface area contributed by atoms with Crippen molar-refractivity contribution in [2.24, 2.45) is 0 Å². The van der Waals surface area contributed by atoms with Gasteiger partial charge in [-0.1, -0.05) is 0 Å². The van der Waals surface area contributed by atoms with Crippen LogP contribution in [0.3, 0.4) is 0 Å². The molecule has 0 aromatic carbocycles. The van der Waals surface area contributed by atoms with E-state index in [0.29, 0.717) is 0 Å². The third-order valence-corrected chi connectivity index (χ3v) is 0. The van der Waals surface area contributed by atoms with Crippen LogP contribution >= 0.6 is 10.7 Å². The van der Waals surface area contributed by atoms with Crippen molar-refractivity contribution in [3.63, 3.8) is 0 Å². The van der Waals surface area contributed by atoms with Gasteiger partial charge in [0.05, 0.1) is 0 Å². The van der Waals surface area contributed by atoms with Crippen molar-refractivity contribution in [3.8, 4) is 0 Å². The van der Waals surface area contributed by atoms with Crippen LogP contribution in [-0.4, -0.2) is 0 Å². The molecule has 0 aliphatic carbocycles. The molecule has 0 aromatic rings. The molecule has 0 rings (SSSR count). The normalized spacial score (nSPS) is 1.50. The second-order valence-corrected chi connectivity index (χ2v) is 0. The average molecular weight is 238 g/mol. The summed E-state index contributed by atoms with van der Waals surface area (Å²) >= 11 is 3.46. The summed E-state index contributed by atoms with van der Waals surface area (Å²) in [4.78, 5) is 0. The molecular formula is MoNiSV. The summed E-state index contributed by atoms with van der Waals surface area (Å²) in [5.41, 5.74) is 0. The molecule has 0 atom stereocenters. The Bertz CT molecular complexity index is 8.00. The Hall–Kier alpha value is 1.99. The van der Waals surface area contributed by atoms with Crippen LogP contribution in [0.1, 0.15) is 0 Å². The Morgan fingerprint density at radius 1 is 1.25 bits per heavy atom. The van der Waals surface area contributed by atoms with Gasteiger partial charge in [-0.15, -0.1) is 0 Å². The van der Waals surface area contributed by atoms with Crippen LogP contribution in [0.4, 0.5) is 0 Å². The van der Waals surface area contributed by atoms with E-state index < -0.39 is 0 Å². The molecule has 0 aromatic heterocycles. The van der Waals surface area contributed by atoms with Gasteiger partial charge in [-0.25, -0.2) is 0 Å². The molecule has 0 bridgehead atoms. The molecule has 0 saturated carbocycles. The average Bonchev–Trinajstić information content (AvgIpc) is 1.00. The van der Waals surface area contributed by atoms with Crippen LogP contribution in [0.2, 0.25) is 0 Å². The van der Waals surface area contributed by atoms with Crippen molar-refractivity contribution in [3.05, 3.63) is 0 Å². The molecule has 0 heterocycles. The van der Waals surface area contributed by atoms with Crippen molar-refractivity contribution in [2.45, 2.75) is 0 Å². The quantitative estimate of drug-likeness (QED) is 0.558. The van der Waals surface area contributed by atoms with E-state index in [4.69, 9.17) is 0 Å². The zero-order chi connectivity index (χ0) is 2.00. The molecule has 0 aliphatic heterocycles. The van der Waals surface area contributed by atoms with E-state index in [-0.39, 0.29) is 39.6 Å². The van der Waals surface area contributed by atoms with Crippen molar-refractivity contribution in [1.82, 2.24) is 0 Å². The predicted molar refractivity (Wildman–Crippen MR) is 7.59 cm³/mol. The Morgan fingerprint density at radius 2 is 1.25 bits per heavy atom. The Kier molecular flexibility index (Phi) is 83.8. The first kappa shape index (κ1) is 16.7. The van der Waals surface area contributed by atoms with Crippen LogP contribution in [-0.2, 0) is 53.5 Å². The minimum Gasteiger partial charge on any atom is 0 e. The molecule has 0 fully saturated rings. The minimum atomic E-state index is 0. The summed E-state index contributed by atoms with van der Waals surface area (Å²) in [5, 5.41) is 0. The Balaban J connectivity index is -0.00000000500. The van der Waals surface area contributed by atoms with E-state index >= 15 is 0 Å². The predicted octanol–water partition coefficient (Wildman–Crippen LogP) is 0.641. The third kappa shape index (κ3) is 9.01. The van der Waals surface area contributed by atoms with Gasteiger partial charge in [-0.05, 0) is 0 Å². The number of hydrogen-bond donors (Lipinski definition) is 0. The summed E-state index contributed by atoms with van der Waals surface area (Å²) in [6.07, 6.45) is 0. The number of hydrogen-bond acceptors (Lipinski definition) is 1. The van der Waals surface area contributed by atoms with Gasteiger partial charge in [0.1, 0.15) is 0 Å². The van der Waals surface area contributed by atoms with Crippen LogP contribution in [0.5, 0.6) is 0 Å². The zero-order valence-corrected chi connectivity index (χ0v) is 6.79. The van der Waals surface area contributed by atoms with E-state index in [1.807, 2.05) is 0 Å². The molecule has 0 N–H and O–H groups in total. The number of rotatable bonds is 0. The Labute approximate surface area is 63.5 Å². The molecule has 0 unspecified atom stereocenters. The van der Waals surface area contributed by atoms with Gasteiger partial charge in [-0.3, -0.25) is 0 Å². The first-order chi connectivity index (χ1) is 1.00. The fourth-order valence-corrected chi connectivity index (χ4v) is 0. The first-order valence-electron chi connectivity index (χ1n) is 0.129. The fraction of sp³-hybridized carbons (Fsp3) is 0. The van der Waals surface area contributed by atoms with Crippen molar-refractivity contribution in [2.75, 3.05) is 0 Å². The molecule has 0 saturated heterocycles. The van der Waals surface area contributed by atoms with E-state index in [1.165, 1.54) is 0 Å². The summed E-state index contributed by atoms with van der Waals surface area (Å²) in [5.74, 6) is 0. The van der Waals surface area contributed by atoms with Gasteiger partial charge in [0.2, 0.25) is 0 Å². The first-order valence-corrected chi connectivity index (χ1v) is 1.60.